The Kier molecular flexibility index (Phi) is 4.47. The number of carbonyl (C=O) groups excluding carboxylic acids is 1. The van der Waals surface area contributed by atoms with Gasteiger partial charge in [-0.15, -0.1) is 0 Å². The van der Waals surface area contributed by atoms with Crippen molar-refractivity contribution in [2.45, 2.75) is 0 Å². The van der Waals surface area contributed by atoms with Gasteiger partial charge in [0.25, 0.3) is 5.24 Å². The van der Waals surface area contributed by atoms with Gasteiger partial charge >= 0.3 is 0 Å². The van der Waals surface area contributed by atoms with Crippen LogP contribution in [0.5, 0.6) is 0 Å². The molecule has 2 nitrogen and oxygen atoms in total. The monoisotopic (exact) mass is 387 g/mol. The van der Waals surface area contributed by atoms with E-state index in [-0.39, 0.29) is 21.7 Å². The van der Waals surface area contributed by atoms with Gasteiger partial charge in [-0.2, -0.15) is 0 Å². The average Bonchev–Trinajstić information content (AvgIpc) is 2.45. The minimum Gasteiger partial charge on any atom is -0.275 e. The Bertz CT molecular complexity index is 938. The van der Waals surface area contributed by atoms with E-state index < -0.39 is 11.1 Å². The van der Waals surface area contributed by atoms with E-state index in [0.29, 0.717) is 21.0 Å². The van der Waals surface area contributed by atoms with Crippen LogP contribution in [0.2, 0.25) is 15.1 Å². The Morgan fingerprint density at radius 2 is 1.70 bits per heavy atom. The van der Waals surface area contributed by atoms with Crippen molar-refractivity contribution < 1.29 is 9.18 Å². The molecule has 0 aliphatic rings. The van der Waals surface area contributed by atoms with Crippen LogP contribution in [0.1, 0.15) is 10.4 Å². The Hall–Kier alpha value is -1.39. The molecule has 7 heteroatoms. The average molecular weight is 389 g/mol. The van der Waals surface area contributed by atoms with E-state index in [1.807, 2.05) is 0 Å². The SMILES string of the molecule is O=C(Cl)c1cnc2c(-c3cc(Cl)cc(Cl)c3)c(F)ccc2c1Cl. The lowest BCUT2D eigenvalue weighted by atomic mass is 10.0. The molecule has 0 amide bonds. The second-order valence-electron chi connectivity index (χ2n) is 4.74. The first-order chi connectivity index (χ1) is 10.9. The first kappa shape index (κ1) is 16.5. The number of hydrogen-bond donors (Lipinski definition) is 0. The third kappa shape index (κ3) is 3.02. The standard InChI is InChI=1S/C16H6Cl4FNO/c17-8-3-7(4-9(18)5-8)13-12(21)2-1-10-14(19)11(16(20)23)6-22-15(10)13/h1-6H. The molecule has 0 N–H and O–H groups in total. The summed E-state index contributed by atoms with van der Waals surface area (Å²) in [5.74, 6) is -0.510. The number of fused-ring (bicyclic) bond motifs is 1. The topological polar surface area (TPSA) is 30.0 Å². The Labute approximate surface area is 150 Å². The fraction of sp³-hybridized carbons (Fsp3) is 0. The van der Waals surface area contributed by atoms with Crippen molar-refractivity contribution >= 4 is 62.5 Å². The summed E-state index contributed by atoms with van der Waals surface area (Å²) in [6.45, 7) is 0. The summed E-state index contributed by atoms with van der Waals surface area (Å²) in [5, 5.41) is 0.515. The summed E-state index contributed by atoms with van der Waals surface area (Å²) in [7, 11) is 0. The van der Waals surface area contributed by atoms with Gasteiger partial charge in [0.05, 0.1) is 16.1 Å². The summed E-state index contributed by atoms with van der Waals surface area (Å²) in [6, 6.07) is 7.37. The number of benzene rings is 2. The van der Waals surface area contributed by atoms with Gasteiger partial charge in [-0.1, -0.05) is 34.8 Å². The third-order valence-corrected chi connectivity index (χ3v) is 4.33. The fourth-order valence-corrected chi connectivity index (χ4v) is 3.32. The minimum atomic E-state index is -0.735. The Morgan fingerprint density at radius 1 is 1.04 bits per heavy atom. The molecular formula is C16H6Cl4FNO. The maximum absolute atomic E-state index is 14.4. The summed E-state index contributed by atoms with van der Waals surface area (Å²) in [4.78, 5) is 15.5. The highest BCUT2D eigenvalue weighted by molar-refractivity contribution is 6.69. The summed E-state index contributed by atoms with van der Waals surface area (Å²) >= 11 is 23.6. The van der Waals surface area contributed by atoms with Gasteiger partial charge in [-0.3, -0.25) is 9.78 Å². The Balaban J connectivity index is 2.39. The molecule has 0 aliphatic carbocycles. The highest BCUT2D eigenvalue weighted by Crippen LogP contribution is 2.37. The van der Waals surface area contributed by atoms with Gasteiger partial charge in [0.2, 0.25) is 0 Å². The van der Waals surface area contributed by atoms with Crippen LogP contribution in [0.15, 0.2) is 36.5 Å². The van der Waals surface area contributed by atoms with Crippen molar-refractivity contribution in [3.63, 3.8) is 0 Å². The number of pyridine rings is 1. The van der Waals surface area contributed by atoms with E-state index in [9.17, 15) is 9.18 Å². The lowest BCUT2D eigenvalue weighted by Gasteiger charge is -2.11. The Morgan fingerprint density at radius 3 is 2.30 bits per heavy atom. The molecule has 116 valence electrons. The number of aromatic nitrogens is 1. The van der Waals surface area contributed by atoms with Crippen LogP contribution in [0, 0.1) is 5.82 Å². The normalized spacial score (nSPS) is 11.0. The second-order valence-corrected chi connectivity index (χ2v) is 6.33. The number of rotatable bonds is 2. The molecule has 2 aromatic carbocycles. The summed E-state index contributed by atoms with van der Waals surface area (Å²) < 4.78 is 14.4. The quantitative estimate of drug-likeness (QED) is 0.476. The van der Waals surface area contributed by atoms with E-state index in [0.717, 1.165) is 0 Å². The highest BCUT2D eigenvalue weighted by atomic mass is 35.5. The molecule has 0 bridgehead atoms. The van der Waals surface area contributed by atoms with Gasteiger partial charge in [0.1, 0.15) is 5.82 Å². The lowest BCUT2D eigenvalue weighted by molar-refractivity contribution is 0.108. The van der Waals surface area contributed by atoms with Crippen LogP contribution in [0.4, 0.5) is 4.39 Å². The fourth-order valence-electron chi connectivity index (χ4n) is 2.32. The van der Waals surface area contributed by atoms with Crippen molar-refractivity contribution in [2.24, 2.45) is 0 Å². The first-order valence-electron chi connectivity index (χ1n) is 6.31. The van der Waals surface area contributed by atoms with Crippen LogP contribution >= 0.6 is 46.4 Å². The van der Waals surface area contributed by atoms with Crippen LogP contribution in [-0.4, -0.2) is 10.2 Å². The number of carbonyl (C=O) groups is 1. The smallest absolute Gasteiger partial charge is 0.255 e. The second kappa shape index (κ2) is 6.25. The van der Waals surface area contributed by atoms with Gasteiger partial charge < -0.3 is 0 Å². The zero-order chi connectivity index (χ0) is 16.7. The molecule has 1 aromatic heterocycles. The van der Waals surface area contributed by atoms with E-state index >= 15 is 0 Å². The maximum atomic E-state index is 14.4. The largest absolute Gasteiger partial charge is 0.275 e. The number of hydrogen-bond acceptors (Lipinski definition) is 2. The molecule has 0 fully saturated rings. The molecule has 3 aromatic rings. The van der Waals surface area contributed by atoms with Crippen molar-refractivity contribution in [3.8, 4) is 11.1 Å². The zero-order valence-electron chi connectivity index (χ0n) is 11.2. The minimum absolute atomic E-state index is 0.0579. The van der Waals surface area contributed by atoms with E-state index in [1.54, 1.807) is 18.2 Å². The van der Waals surface area contributed by atoms with Crippen molar-refractivity contribution in [2.75, 3.05) is 0 Å². The van der Waals surface area contributed by atoms with Gasteiger partial charge in [0.15, 0.2) is 0 Å². The maximum Gasteiger partial charge on any atom is 0.255 e. The van der Waals surface area contributed by atoms with Crippen LogP contribution in [0.25, 0.3) is 22.0 Å². The summed E-state index contributed by atoms with van der Waals surface area (Å²) in [5.41, 5.74) is 0.999. The predicted molar refractivity (Wildman–Crippen MR) is 92.4 cm³/mol. The third-order valence-electron chi connectivity index (χ3n) is 3.29. The molecule has 1 heterocycles. The molecule has 0 atom stereocenters. The molecule has 0 saturated carbocycles. The van der Waals surface area contributed by atoms with Gasteiger partial charge in [-0.25, -0.2) is 4.39 Å². The number of halogens is 5. The molecule has 0 saturated heterocycles. The van der Waals surface area contributed by atoms with Crippen molar-refractivity contribution in [1.82, 2.24) is 4.98 Å². The zero-order valence-corrected chi connectivity index (χ0v) is 14.2. The lowest BCUT2D eigenvalue weighted by Crippen LogP contribution is -1.96. The summed E-state index contributed by atoms with van der Waals surface area (Å²) in [6.07, 6.45) is 1.22. The molecular weight excluding hydrogens is 383 g/mol. The predicted octanol–water partition coefficient (Wildman–Crippen LogP) is 6.38. The van der Waals surface area contributed by atoms with E-state index in [4.69, 9.17) is 46.4 Å². The first-order valence-corrected chi connectivity index (χ1v) is 7.82. The van der Waals surface area contributed by atoms with Crippen LogP contribution < -0.4 is 0 Å². The molecule has 0 spiro atoms. The number of nitrogens with zero attached hydrogens (tertiary/aromatic N) is 1. The molecule has 3 rings (SSSR count). The van der Waals surface area contributed by atoms with Gasteiger partial charge in [-0.05, 0) is 47.5 Å². The molecule has 23 heavy (non-hydrogen) atoms. The van der Waals surface area contributed by atoms with Crippen LogP contribution in [0.3, 0.4) is 0 Å². The molecule has 0 radical (unpaired) electrons. The van der Waals surface area contributed by atoms with Crippen molar-refractivity contribution in [3.05, 3.63) is 63.0 Å². The van der Waals surface area contributed by atoms with Crippen molar-refractivity contribution in [1.29, 1.82) is 0 Å². The van der Waals surface area contributed by atoms with E-state index in [1.165, 1.54) is 18.3 Å². The molecule has 0 unspecified atom stereocenters. The van der Waals surface area contributed by atoms with Gasteiger partial charge in [0, 0.05) is 27.2 Å². The van der Waals surface area contributed by atoms with E-state index in [2.05, 4.69) is 4.98 Å². The van der Waals surface area contributed by atoms with Crippen LogP contribution in [-0.2, 0) is 0 Å². The molecule has 0 aliphatic heterocycles. The highest BCUT2D eigenvalue weighted by Gasteiger charge is 2.18.